The first-order chi connectivity index (χ1) is 14.7. The molecule has 2 saturated heterocycles. The molecule has 0 radical (unpaired) electrons. The van der Waals surface area contributed by atoms with E-state index < -0.39 is 5.82 Å². The number of benzene rings is 1. The van der Waals surface area contributed by atoms with Gasteiger partial charge in [-0.2, -0.15) is 15.5 Å². The van der Waals surface area contributed by atoms with Gasteiger partial charge >= 0.3 is 0 Å². The van der Waals surface area contributed by atoms with Crippen molar-refractivity contribution in [3.8, 4) is 11.8 Å². The average Bonchev–Trinajstić information content (AvgIpc) is 3.50. The van der Waals surface area contributed by atoms with Crippen LogP contribution in [0.2, 0.25) is 0 Å². The van der Waals surface area contributed by atoms with Crippen LogP contribution < -0.4 is 5.32 Å². The molecule has 3 aromatic rings. The highest BCUT2D eigenvalue weighted by Crippen LogP contribution is 2.40. The molecule has 1 aromatic carbocycles. The molecule has 30 heavy (non-hydrogen) atoms. The number of nitrogens with zero attached hydrogens (tertiary/aromatic N) is 6. The number of nitrogens with one attached hydrogen (secondary N) is 1. The van der Waals surface area contributed by atoms with Gasteiger partial charge in [0.1, 0.15) is 17.6 Å². The predicted molar refractivity (Wildman–Crippen MR) is 105 cm³/mol. The summed E-state index contributed by atoms with van der Waals surface area (Å²) in [7, 11) is 0. The molecular formula is C21H18FN7O. The summed E-state index contributed by atoms with van der Waals surface area (Å²) >= 11 is 0. The number of pyridine rings is 1. The summed E-state index contributed by atoms with van der Waals surface area (Å²) in [4.78, 5) is 20.8. The lowest BCUT2D eigenvalue weighted by atomic mass is 9.95. The number of nitriles is 1. The number of carbonyl (C=O) groups is 1. The molecule has 3 atom stereocenters. The molecule has 0 spiro atoms. The second-order valence-corrected chi connectivity index (χ2v) is 7.50. The fraction of sp³-hybridized carbons (Fsp3) is 0.286. The third-order valence-corrected chi connectivity index (χ3v) is 5.83. The van der Waals surface area contributed by atoms with E-state index in [0.717, 1.165) is 24.1 Å². The van der Waals surface area contributed by atoms with Gasteiger partial charge in [-0.25, -0.2) is 9.37 Å². The Morgan fingerprint density at radius 1 is 1.20 bits per heavy atom. The summed E-state index contributed by atoms with van der Waals surface area (Å²) in [5.74, 6) is -0.0856. The van der Waals surface area contributed by atoms with E-state index in [9.17, 15) is 9.18 Å². The number of carbonyl (C=O) groups excluding carboxylic acids is 1. The number of hydrogen-bond donors (Lipinski definition) is 1. The zero-order valence-electron chi connectivity index (χ0n) is 15.9. The first kappa shape index (κ1) is 18.2. The molecule has 8 nitrogen and oxygen atoms in total. The third kappa shape index (κ3) is 2.97. The van der Waals surface area contributed by atoms with Crippen molar-refractivity contribution >= 4 is 11.7 Å². The summed E-state index contributed by atoms with van der Waals surface area (Å²) in [6.07, 6.45) is 7.00. The molecule has 9 heteroatoms. The predicted octanol–water partition coefficient (Wildman–Crippen LogP) is 2.53. The smallest absolute Gasteiger partial charge is 0.256 e. The van der Waals surface area contributed by atoms with E-state index >= 15 is 0 Å². The minimum atomic E-state index is -0.542. The highest BCUT2D eigenvalue weighted by atomic mass is 19.1. The molecule has 2 aliphatic heterocycles. The quantitative estimate of drug-likeness (QED) is 0.719. The van der Waals surface area contributed by atoms with E-state index in [1.807, 2.05) is 4.90 Å². The van der Waals surface area contributed by atoms with Gasteiger partial charge in [0.05, 0.1) is 29.6 Å². The van der Waals surface area contributed by atoms with Crippen LogP contribution in [0.4, 0.5) is 10.2 Å². The summed E-state index contributed by atoms with van der Waals surface area (Å²) in [6, 6.07) is 10.1. The van der Waals surface area contributed by atoms with Crippen LogP contribution in [0, 0.1) is 17.1 Å². The Balaban J connectivity index is 1.41. The number of hydrogen-bond acceptors (Lipinski definition) is 6. The van der Waals surface area contributed by atoms with Crippen molar-refractivity contribution < 1.29 is 9.18 Å². The Labute approximate surface area is 171 Å². The Kier molecular flexibility index (Phi) is 4.39. The molecule has 2 bridgehead atoms. The van der Waals surface area contributed by atoms with Crippen LogP contribution in [-0.4, -0.2) is 48.9 Å². The van der Waals surface area contributed by atoms with Gasteiger partial charge in [0.15, 0.2) is 5.82 Å². The number of anilines is 1. The van der Waals surface area contributed by atoms with Crippen molar-refractivity contribution in [2.24, 2.45) is 0 Å². The van der Waals surface area contributed by atoms with Crippen molar-refractivity contribution in [1.82, 2.24) is 24.9 Å². The van der Waals surface area contributed by atoms with Crippen LogP contribution in [0.1, 0.15) is 35.2 Å². The maximum atomic E-state index is 14.6. The van der Waals surface area contributed by atoms with Crippen LogP contribution in [0.25, 0.3) is 5.69 Å². The molecule has 5 rings (SSSR count). The van der Waals surface area contributed by atoms with Gasteiger partial charge in [-0.05, 0) is 43.5 Å². The molecule has 1 amide bonds. The first-order valence-corrected chi connectivity index (χ1v) is 9.76. The summed E-state index contributed by atoms with van der Waals surface area (Å²) in [5, 5.41) is 20.3. The van der Waals surface area contributed by atoms with Gasteiger partial charge < -0.3 is 10.2 Å². The summed E-state index contributed by atoms with van der Waals surface area (Å²) in [5.41, 5.74) is 0.813. The zero-order chi connectivity index (χ0) is 20.7. The highest BCUT2D eigenvalue weighted by Gasteiger charge is 2.49. The Bertz CT molecular complexity index is 1120. The first-order valence-electron chi connectivity index (χ1n) is 9.76. The number of para-hydroxylation sites is 1. The van der Waals surface area contributed by atoms with Crippen molar-refractivity contribution in [2.75, 3.05) is 5.32 Å². The molecule has 2 aliphatic rings. The SMILES string of the molecule is N#Cc1ccc(N[C@@H]2C[C@H]3CC[C@@H]2N3C(=O)c2cccc(F)c2-n2nccn2)nc1. The van der Waals surface area contributed by atoms with E-state index in [1.165, 1.54) is 30.7 Å². The van der Waals surface area contributed by atoms with Gasteiger partial charge in [0.2, 0.25) is 0 Å². The molecule has 2 aromatic heterocycles. The van der Waals surface area contributed by atoms with E-state index in [-0.39, 0.29) is 35.3 Å². The molecule has 4 heterocycles. The lowest BCUT2D eigenvalue weighted by Crippen LogP contribution is -2.40. The zero-order valence-corrected chi connectivity index (χ0v) is 15.9. The minimum Gasteiger partial charge on any atom is -0.365 e. The molecule has 150 valence electrons. The molecule has 0 saturated carbocycles. The van der Waals surface area contributed by atoms with Crippen LogP contribution in [0.15, 0.2) is 48.9 Å². The second kappa shape index (κ2) is 7.22. The molecule has 2 fully saturated rings. The van der Waals surface area contributed by atoms with E-state index in [1.54, 1.807) is 18.2 Å². The highest BCUT2D eigenvalue weighted by molar-refractivity contribution is 5.98. The largest absolute Gasteiger partial charge is 0.365 e. The van der Waals surface area contributed by atoms with Gasteiger partial charge in [-0.1, -0.05) is 6.07 Å². The fourth-order valence-electron chi connectivity index (χ4n) is 4.56. The second-order valence-electron chi connectivity index (χ2n) is 7.50. The monoisotopic (exact) mass is 403 g/mol. The Morgan fingerprint density at radius 3 is 2.77 bits per heavy atom. The Morgan fingerprint density at radius 2 is 2.03 bits per heavy atom. The van der Waals surface area contributed by atoms with E-state index in [0.29, 0.717) is 11.4 Å². The fourth-order valence-corrected chi connectivity index (χ4v) is 4.56. The average molecular weight is 403 g/mol. The maximum absolute atomic E-state index is 14.6. The number of amides is 1. The molecule has 0 unspecified atom stereocenters. The van der Waals surface area contributed by atoms with Crippen molar-refractivity contribution in [3.63, 3.8) is 0 Å². The van der Waals surface area contributed by atoms with Crippen LogP contribution >= 0.6 is 0 Å². The maximum Gasteiger partial charge on any atom is 0.256 e. The minimum absolute atomic E-state index is 0.0124. The van der Waals surface area contributed by atoms with Crippen LogP contribution in [0.3, 0.4) is 0 Å². The lowest BCUT2D eigenvalue weighted by Gasteiger charge is -2.26. The topological polar surface area (TPSA) is 99.7 Å². The van der Waals surface area contributed by atoms with Crippen molar-refractivity contribution in [3.05, 3.63) is 65.9 Å². The van der Waals surface area contributed by atoms with Gasteiger partial charge in [0.25, 0.3) is 5.91 Å². The standard InChI is InChI=1S/C21H18FN7O/c22-16-3-1-2-15(20(16)29-25-8-9-26-29)21(30)28-14-5-6-18(28)17(10-14)27-19-7-4-13(11-23)12-24-19/h1-4,7-9,12,14,17-18H,5-6,10H2,(H,24,27)/t14-,17-,18+/m1/s1. The van der Waals surface area contributed by atoms with Gasteiger partial charge in [0, 0.05) is 18.3 Å². The normalized spacial score (nSPS) is 22.1. The molecule has 0 aliphatic carbocycles. The van der Waals surface area contributed by atoms with Gasteiger partial charge in [-0.15, -0.1) is 4.80 Å². The number of fused-ring (bicyclic) bond motifs is 2. The third-order valence-electron chi connectivity index (χ3n) is 5.83. The van der Waals surface area contributed by atoms with Gasteiger partial charge in [-0.3, -0.25) is 4.79 Å². The summed E-state index contributed by atoms with van der Waals surface area (Å²) in [6.45, 7) is 0. The van der Waals surface area contributed by atoms with Crippen LogP contribution in [-0.2, 0) is 0 Å². The Hall–Kier alpha value is -3.80. The number of halogens is 1. The molecule has 1 N–H and O–H groups in total. The number of aromatic nitrogens is 4. The van der Waals surface area contributed by atoms with E-state index in [2.05, 4.69) is 26.6 Å². The van der Waals surface area contributed by atoms with Crippen LogP contribution in [0.5, 0.6) is 0 Å². The van der Waals surface area contributed by atoms with Crippen molar-refractivity contribution in [1.29, 1.82) is 5.26 Å². The van der Waals surface area contributed by atoms with Crippen molar-refractivity contribution in [2.45, 2.75) is 37.4 Å². The number of rotatable bonds is 4. The van der Waals surface area contributed by atoms with E-state index in [4.69, 9.17) is 5.26 Å². The summed E-state index contributed by atoms with van der Waals surface area (Å²) < 4.78 is 14.6. The molecular weight excluding hydrogens is 385 g/mol. The lowest BCUT2D eigenvalue weighted by molar-refractivity contribution is 0.0727.